The van der Waals surface area contributed by atoms with E-state index in [-0.39, 0.29) is 5.25 Å². The number of nitrogens with zero attached hydrogens (tertiary/aromatic N) is 1. The van der Waals surface area contributed by atoms with Gasteiger partial charge in [0.25, 0.3) is 0 Å². The molecule has 1 saturated heterocycles. The number of para-hydroxylation sites is 1. The van der Waals surface area contributed by atoms with E-state index in [1.165, 1.54) is 0 Å². The van der Waals surface area contributed by atoms with E-state index >= 15 is 0 Å². The average molecular weight is 304 g/mol. The van der Waals surface area contributed by atoms with Crippen molar-refractivity contribution in [2.45, 2.75) is 31.9 Å². The van der Waals surface area contributed by atoms with Crippen molar-refractivity contribution in [2.75, 3.05) is 17.6 Å². The summed E-state index contributed by atoms with van der Waals surface area (Å²) >= 11 is 0. The molecule has 1 N–H and O–H groups in total. The smallest absolute Gasteiger partial charge is 0.154 e. The van der Waals surface area contributed by atoms with Crippen LogP contribution in [0.2, 0.25) is 0 Å². The maximum Gasteiger partial charge on any atom is 0.154 e. The van der Waals surface area contributed by atoms with Crippen molar-refractivity contribution in [3.05, 3.63) is 35.5 Å². The third-order valence-corrected chi connectivity index (χ3v) is 6.62. The summed E-state index contributed by atoms with van der Waals surface area (Å²) in [5.74, 6) is 0.328. The maximum absolute atomic E-state index is 11.9. The van der Waals surface area contributed by atoms with Crippen LogP contribution >= 0.6 is 0 Å². The predicted octanol–water partition coefficient (Wildman–Crippen LogP) is 2.84. The molecule has 0 spiro atoms. The normalized spacial score (nSPS) is 20.8. The van der Waals surface area contributed by atoms with Crippen molar-refractivity contribution in [1.82, 2.24) is 4.98 Å². The highest BCUT2D eigenvalue weighted by molar-refractivity contribution is 7.92. The average Bonchev–Trinajstić information content (AvgIpc) is 2.78. The Morgan fingerprint density at radius 3 is 2.76 bits per heavy atom. The Kier molecular flexibility index (Phi) is 3.61. The van der Waals surface area contributed by atoms with E-state index in [1.807, 2.05) is 38.1 Å². The minimum Gasteiger partial charge on any atom is -0.383 e. The largest absolute Gasteiger partial charge is 0.383 e. The fourth-order valence-electron chi connectivity index (χ4n) is 2.96. The van der Waals surface area contributed by atoms with Gasteiger partial charge in [-0.05, 0) is 38.3 Å². The second-order valence-corrected chi connectivity index (χ2v) is 8.13. The van der Waals surface area contributed by atoms with Crippen molar-refractivity contribution < 1.29 is 8.42 Å². The molecular formula is C16H20N2O2S. The summed E-state index contributed by atoms with van der Waals surface area (Å²) in [7, 11) is -2.91. The number of sulfone groups is 1. The molecule has 1 aliphatic rings. The standard InChI is InChI=1S/C16H20N2O2S/c1-11-12(2)18-15-8-4-3-7-14(15)16(11)17-10-13-6-5-9-21(13,19)20/h3-4,7-8,13H,5-6,9-10H2,1-2H3,(H,17,18). The molecule has 0 bridgehead atoms. The molecule has 1 atom stereocenters. The maximum atomic E-state index is 11.9. The number of nitrogens with one attached hydrogen (secondary N) is 1. The number of rotatable bonds is 3. The molecule has 112 valence electrons. The first-order valence-electron chi connectivity index (χ1n) is 7.30. The summed E-state index contributed by atoms with van der Waals surface area (Å²) in [6.07, 6.45) is 1.54. The van der Waals surface area contributed by atoms with E-state index < -0.39 is 9.84 Å². The first kappa shape index (κ1) is 14.3. The number of aromatic nitrogens is 1. The highest BCUT2D eigenvalue weighted by atomic mass is 32.2. The molecule has 1 aliphatic heterocycles. The lowest BCUT2D eigenvalue weighted by atomic mass is 10.1. The summed E-state index contributed by atoms with van der Waals surface area (Å²) < 4.78 is 23.9. The molecule has 2 heterocycles. The van der Waals surface area contributed by atoms with Crippen LogP contribution < -0.4 is 5.32 Å². The van der Waals surface area contributed by atoms with Gasteiger partial charge in [-0.1, -0.05) is 18.2 Å². The molecule has 5 heteroatoms. The molecule has 1 unspecified atom stereocenters. The Morgan fingerprint density at radius 1 is 1.29 bits per heavy atom. The Bertz CT molecular complexity index is 784. The molecule has 3 rings (SSSR count). The zero-order valence-electron chi connectivity index (χ0n) is 12.4. The molecule has 1 fully saturated rings. The third-order valence-electron chi connectivity index (χ3n) is 4.35. The second kappa shape index (κ2) is 5.30. The molecule has 1 aromatic heterocycles. The predicted molar refractivity (Wildman–Crippen MR) is 86.5 cm³/mol. The molecule has 0 radical (unpaired) electrons. The van der Waals surface area contributed by atoms with E-state index in [0.29, 0.717) is 12.3 Å². The van der Waals surface area contributed by atoms with Crippen molar-refractivity contribution >= 4 is 26.4 Å². The summed E-state index contributed by atoms with van der Waals surface area (Å²) in [6.45, 7) is 4.50. The van der Waals surface area contributed by atoms with Gasteiger partial charge in [-0.3, -0.25) is 4.98 Å². The first-order valence-corrected chi connectivity index (χ1v) is 9.02. The topological polar surface area (TPSA) is 59.1 Å². The minimum absolute atomic E-state index is 0.260. The number of hydrogen-bond acceptors (Lipinski definition) is 4. The van der Waals surface area contributed by atoms with Gasteiger partial charge < -0.3 is 5.32 Å². The van der Waals surface area contributed by atoms with Gasteiger partial charge in [-0.15, -0.1) is 0 Å². The van der Waals surface area contributed by atoms with Crippen molar-refractivity contribution in [2.24, 2.45) is 0 Å². The summed E-state index contributed by atoms with van der Waals surface area (Å²) in [5.41, 5.74) is 4.02. The van der Waals surface area contributed by atoms with Crippen molar-refractivity contribution in [3.8, 4) is 0 Å². The van der Waals surface area contributed by atoms with E-state index in [4.69, 9.17) is 0 Å². The number of pyridine rings is 1. The van der Waals surface area contributed by atoms with Crippen LogP contribution in [0.1, 0.15) is 24.1 Å². The molecule has 2 aromatic rings. The lowest BCUT2D eigenvalue weighted by Gasteiger charge is -2.17. The van der Waals surface area contributed by atoms with Gasteiger partial charge >= 0.3 is 0 Å². The van der Waals surface area contributed by atoms with Crippen LogP contribution in [0, 0.1) is 13.8 Å². The summed E-state index contributed by atoms with van der Waals surface area (Å²) in [6, 6.07) is 7.96. The van der Waals surface area contributed by atoms with E-state index in [9.17, 15) is 8.42 Å². The zero-order chi connectivity index (χ0) is 15.0. The number of fused-ring (bicyclic) bond motifs is 1. The fourth-order valence-corrected chi connectivity index (χ4v) is 4.73. The van der Waals surface area contributed by atoms with Crippen LogP contribution in [-0.2, 0) is 9.84 Å². The van der Waals surface area contributed by atoms with Gasteiger partial charge in [0.15, 0.2) is 9.84 Å². The lowest BCUT2D eigenvalue weighted by Crippen LogP contribution is -2.25. The van der Waals surface area contributed by atoms with Gasteiger partial charge in [-0.2, -0.15) is 0 Å². The Morgan fingerprint density at radius 2 is 2.05 bits per heavy atom. The molecule has 0 amide bonds. The third kappa shape index (κ3) is 2.62. The number of aryl methyl sites for hydroxylation is 1. The first-order chi connectivity index (χ1) is 9.99. The van der Waals surface area contributed by atoms with Crippen molar-refractivity contribution in [1.29, 1.82) is 0 Å². The van der Waals surface area contributed by atoms with Crippen LogP contribution in [-0.4, -0.2) is 30.9 Å². The van der Waals surface area contributed by atoms with Crippen LogP contribution in [0.3, 0.4) is 0 Å². The minimum atomic E-state index is -2.91. The van der Waals surface area contributed by atoms with E-state index in [1.54, 1.807) is 0 Å². The van der Waals surface area contributed by atoms with Gasteiger partial charge in [0.05, 0.1) is 16.5 Å². The molecular weight excluding hydrogens is 284 g/mol. The Hall–Kier alpha value is -1.62. The fraction of sp³-hybridized carbons (Fsp3) is 0.438. The quantitative estimate of drug-likeness (QED) is 0.947. The van der Waals surface area contributed by atoms with Gasteiger partial charge in [0.2, 0.25) is 0 Å². The van der Waals surface area contributed by atoms with Crippen LogP contribution in [0.15, 0.2) is 24.3 Å². The SMILES string of the molecule is Cc1nc2ccccc2c(NCC2CCCS2(=O)=O)c1C. The monoisotopic (exact) mass is 304 g/mol. The molecule has 1 aromatic carbocycles. The van der Waals surface area contributed by atoms with E-state index in [2.05, 4.69) is 10.3 Å². The summed E-state index contributed by atoms with van der Waals surface area (Å²) in [5, 5.41) is 4.17. The Balaban J connectivity index is 1.95. The van der Waals surface area contributed by atoms with Gasteiger partial charge in [-0.25, -0.2) is 8.42 Å². The summed E-state index contributed by atoms with van der Waals surface area (Å²) in [4.78, 5) is 4.59. The van der Waals surface area contributed by atoms with Crippen LogP contribution in [0.4, 0.5) is 5.69 Å². The zero-order valence-corrected chi connectivity index (χ0v) is 13.2. The van der Waals surface area contributed by atoms with Crippen LogP contribution in [0.5, 0.6) is 0 Å². The van der Waals surface area contributed by atoms with Gasteiger partial charge in [0.1, 0.15) is 0 Å². The second-order valence-electron chi connectivity index (χ2n) is 5.73. The molecule has 0 aliphatic carbocycles. The van der Waals surface area contributed by atoms with Crippen molar-refractivity contribution in [3.63, 3.8) is 0 Å². The number of anilines is 1. The Labute approximate surface area is 125 Å². The van der Waals surface area contributed by atoms with Crippen LogP contribution in [0.25, 0.3) is 10.9 Å². The highest BCUT2D eigenvalue weighted by Crippen LogP contribution is 2.29. The molecule has 21 heavy (non-hydrogen) atoms. The molecule has 0 saturated carbocycles. The number of hydrogen-bond donors (Lipinski definition) is 1. The number of benzene rings is 1. The van der Waals surface area contributed by atoms with Gasteiger partial charge in [0, 0.05) is 23.3 Å². The molecule has 4 nitrogen and oxygen atoms in total. The highest BCUT2D eigenvalue weighted by Gasteiger charge is 2.31. The van der Waals surface area contributed by atoms with E-state index in [0.717, 1.165) is 40.7 Å². The lowest BCUT2D eigenvalue weighted by molar-refractivity contribution is 0.591.